The van der Waals surface area contributed by atoms with Crippen LogP contribution in [0.4, 0.5) is 11.4 Å². The summed E-state index contributed by atoms with van der Waals surface area (Å²) in [7, 11) is 0. The maximum atomic E-state index is 12.3. The van der Waals surface area contributed by atoms with Crippen LogP contribution in [-0.4, -0.2) is 28.6 Å². The van der Waals surface area contributed by atoms with Crippen LogP contribution in [0, 0.1) is 17.0 Å². The Hall–Kier alpha value is -3.22. The number of hydrogen-bond acceptors (Lipinski definition) is 5. The van der Waals surface area contributed by atoms with Gasteiger partial charge in [-0.1, -0.05) is 13.0 Å². The molecule has 1 aliphatic rings. The number of carbonyl (C=O) groups excluding carboxylic acids is 1. The lowest BCUT2D eigenvalue weighted by Gasteiger charge is -2.50. The number of hydrogen-bond donors (Lipinski definition) is 1. The molecule has 1 aliphatic heterocycles. The molecule has 7 heteroatoms. The van der Waals surface area contributed by atoms with E-state index >= 15 is 0 Å². The molecule has 0 spiro atoms. The number of nitrogens with one attached hydrogen (secondary N) is 1. The number of nitro benzene ring substituents is 1. The highest BCUT2D eigenvalue weighted by atomic mass is 16.6. The van der Waals surface area contributed by atoms with Gasteiger partial charge in [0.2, 0.25) is 0 Å². The second kappa shape index (κ2) is 8.49. The molecule has 0 saturated heterocycles. The van der Waals surface area contributed by atoms with E-state index in [1.54, 1.807) is 6.21 Å². The topological polar surface area (TPSA) is 87.8 Å². The summed E-state index contributed by atoms with van der Waals surface area (Å²) in [6.45, 7) is 13.3. The number of fused-ring (bicyclic) bond motifs is 1. The van der Waals surface area contributed by atoms with E-state index in [9.17, 15) is 14.9 Å². The van der Waals surface area contributed by atoms with Gasteiger partial charge in [0.1, 0.15) is 0 Å². The van der Waals surface area contributed by atoms with Gasteiger partial charge < -0.3 is 4.90 Å². The van der Waals surface area contributed by atoms with Crippen molar-refractivity contribution in [2.24, 2.45) is 5.10 Å². The Morgan fingerprint density at radius 1 is 1.32 bits per heavy atom. The predicted molar refractivity (Wildman–Crippen MR) is 124 cm³/mol. The normalized spacial score (nSPS) is 17.6. The third-order valence-corrected chi connectivity index (χ3v) is 5.87. The number of anilines is 1. The number of nitro groups is 1. The highest BCUT2D eigenvalue weighted by molar-refractivity contribution is 5.95. The minimum atomic E-state index is -0.528. The molecule has 0 radical (unpaired) electrons. The first-order valence-corrected chi connectivity index (χ1v) is 10.5. The molecule has 7 nitrogen and oxygen atoms in total. The first-order chi connectivity index (χ1) is 14.5. The van der Waals surface area contributed by atoms with Gasteiger partial charge in [0.15, 0.2) is 0 Å². The molecule has 0 aromatic heterocycles. The summed E-state index contributed by atoms with van der Waals surface area (Å²) in [4.78, 5) is 25.2. The lowest BCUT2D eigenvalue weighted by atomic mass is 9.78. The quantitative estimate of drug-likeness (QED) is 0.409. The molecule has 0 aliphatic carbocycles. The molecular weight excluding hydrogens is 392 g/mol. The van der Waals surface area contributed by atoms with Gasteiger partial charge in [-0.15, -0.1) is 0 Å². The monoisotopic (exact) mass is 422 g/mol. The smallest absolute Gasteiger partial charge is 0.271 e. The van der Waals surface area contributed by atoms with Crippen molar-refractivity contribution in [3.8, 4) is 0 Å². The van der Waals surface area contributed by atoms with Crippen molar-refractivity contribution < 1.29 is 9.72 Å². The second-order valence-corrected chi connectivity index (χ2v) is 9.16. The number of nitrogens with zero attached hydrogens (tertiary/aromatic N) is 3. The molecule has 0 fully saturated rings. The molecule has 0 saturated carbocycles. The van der Waals surface area contributed by atoms with E-state index in [-0.39, 0.29) is 16.8 Å². The minimum Gasteiger partial charge on any atom is -0.364 e. The van der Waals surface area contributed by atoms with Gasteiger partial charge in [-0.05, 0) is 81.8 Å². The molecule has 3 rings (SSSR count). The summed E-state index contributed by atoms with van der Waals surface area (Å²) in [5.74, 6) is -0.0797. The van der Waals surface area contributed by atoms with E-state index in [1.807, 2.05) is 6.92 Å². The standard InChI is InChI=1S/C24H30N4O3/c1-15(2)27-22-10-16(3)19(12-21(22)17(4)13-24(27,5)6)14-25-26-23(29)18-8-7-9-20(11-18)28(30)31/h7-12,14-15,17H,13H2,1-6H3,(H,26,29)/b25-14-/t17-/m0/s1. The Morgan fingerprint density at radius 3 is 2.68 bits per heavy atom. The number of amides is 1. The molecule has 0 bridgehead atoms. The zero-order valence-corrected chi connectivity index (χ0v) is 19.0. The Balaban J connectivity index is 1.84. The third kappa shape index (κ3) is 4.60. The maximum absolute atomic E-state index is 12.3. The number of carbonyl (C=O) groups is 1. The number of aryl methyl sites for hydroxylation is 1. The Bertz CT molecular complexity index is 1040. The number of hydrazone groups is 1. The van der Waals surface area contributed by atoms with Crippen LogP contribution in [0.25, 0.3) is 0 Å². The highest BCUT2D eigenvalue weighted by Gasteiger charge is 2.37. The van der Waals surface area contributed by atoms with Gasteiger partial charge in [-0.25, -0.2) is 5.43 Å². The van der Waals surface area contributed by atoms with Gasteiger partial charge in [0, 0.05) is 35.0 Å². The number of benzene rings is 2. The summed E-state index contributed by atoms with van der Waals surface area (Å²) < 4.78 is 0. The van der Waals surface area contributed by atoms with Crippen molar-refractivity contribution in [3.05, 3.63) is 68.8 Å². The van der Waals surface area contributed by atoms with Crippen LogP contribution >= 0.6 is 0 Å². The van der Waals surface area contributed by atoms with Crippen LogP contribution in [0.15, 0.2) is 41.5 Å². The van der Waals surface area contributed by atoms with Crippen molar-refractivity contribution >= 4 is 23.5 Å². The molecule has 0 unspecified atom stereocenters. The fourth-order valence-electron chi connectivity index (χ4n) is 4.72. The SMILES string of the molecule is Cc1cc2c(cc1/C=N\NC(=O)c1cccc([N+](=O)[O-])c1)[C@@H](C)CC(C)(C)N2C(C)C. The van der Waals surface area contributed by atoms with E-state index in [4.69, 9.17) is 0 Å². The van der Waals surface area contributed by atoms with Gasteiger partial charge >= 0.3 is 0 Å². The molecule has 1 amide bonds. The van der Waals surface area contributed by atoms with E-state index in [2.05, 4.69) is 62.2 Å². The average molecular weight is 423 g/mol. The van der Waals surface area contributed by atoms with E-state index in [0.717, 1.165) is 17.5 Å². The van der Waals surface area contributed by atoms with Crippen molar-refractivity contribution in [1.29, 1.82) is 0 Å². The lowest BCUT2D eigenvalue weighted by molar-refractivity contribution is -0.384. The van der Waals surface area contributed by atoms with Gasteiger partial charge in [0.25, 0.3) is 11.6 Å². The number of non-ortho nitro benzene ring substituents is 1. The van der Waals surface area contributed by atoms with Crippen molar-refractivity contribution in [2.75, 3.05) is 4.90 Å². The zero-order chi connectivity index (χ0) is 22.9. The summed E-state index contributed by atoms with van der Waals surface area (Å²) in [5.41, 5.74) is 7.16. The summed E-state index contributed by atoms with van der Waals surface area (Å²) >= 11 is 0. The first kappa shape index (κ1) is 22.5. The van der Waals surface area contributed by atoms with Crippen LogP contribution in [0.1, 0.15) is 74.0 Å². The third-order valence-electron chi connectivity index (χ3n) is 5.87. The van der Waals surface area contributed by atoms with Crippen molar-refractivity contribution in [1.82, 2.24) is 5.43 Å². The molecule has 1 N–H and O–H groups in total. The fourth-order valence-corrected chi connectivity index (χ4v) is 4.72. The van der Waals surface area contributed by atoms with Crippen molar-refractivity contribution in [2.45, 2.75) is 65.5 Å². The van der Waals surface area contributed by atoms with Crippen LogP contribution in [-0.2, 0) is 0 Å². The summed E-state index contributed by atoms with van der Waals surface area (Å²) in [6.07, 6.45) is 2.69. The van der Waals surface area contributed by atoms with Gasteiger partial charge in [-0.3, -0.25) is 14.9 Å². The fraction of sp³-hybridized carbons (Fsp3) is 0.417. The van der Waals surface area contributed by atoms with Crippen LogP contribution in [0.5, 0.6) is 0 Å². The molecule has 1 heterocycles. The second-order valence-electron chi connectivity index (χ2n) is 9.16. The van der Waals surface area contributed by atoms with Gasteiger partial charge in [0.05, 0.1) is 11.1 Å². The van der Waals surface area contributed by atoms with Crippen LogP contribution in [0.2, 0.25) is 0 Å². The lowest BCUT2D eigenvalue weighted by Crippen LogP contribution is -2.51. The predicted octanol–water partition coefficient (Wildman–Crippen LogP) is 5.17. The van der Waals surface area contributed by atoms with E-state index in [0.29, 0.717) is 12.0 Å². The molecule has 31 heavy (non-hydrogen) atoms. The molecule has 2 aromatic rings. The van der Waals surface area contributed by atoms with Crippen LogP contribution < -0.4 is 10.3 Å². The first-order valence-electron chi connectivity index (χ1n) is 10.5. The number of rotatable bonds is 5. The Morgan fingerprint density at radius 2 is 2.03 bits per heavy atom. The molecular formula is C24H30N4O3. The molecule has 2 aromatic carbocycles. The molecule has 1 atom stereocenters. The average Bonchev–Trinajstić information content (AvgIpc) is 2.67. The van der Waals surface area contributed by atoms with E-state index in [1.165, 1.54) is 35.5 Å². The van der Waals surface area contributed by atoms with Crippen LogP contribution in [0.3, 0.4) is 0 Å². The maximum Gasteiger partial charge on any atom is 0.271 e. The minimum absolute atomic E-state index is 0.0783. The summed E-state index contributed by atoms with van der Waals surface area (Å²) in [6, 6.07) is 10.3. The summed E-state index contributed by atoms with van der Waals surface area (Å²) in [5, 5.41) is 15.0. The zero-order valence-electron chi connectivity index (χ0n) is 19.0. The Kier molecular flexibility index (Phi) is 6.15. The highest BCUT2D eigenvalue weighted by Crippen LogP contribution is 2.45. The van der Waals surface area contributed by atoms with Gasteiger partial charge in [-0.2, -0.15) is 5.10 Å². The molecule has 164 valence electrons. The largest absolute Gasteiger partial charge is 0.364 e. The van der Waals surface area contributed by atoms with E-state index < -0.39 is 10.8 Å². The van der Waals surface area contributed by atoms with Crippen molar-refractivity contribution in [3.63, 3.8) is 0 Å². The Labute approximate surface area is 183 Å².